The molecule has 1 saturated carbocycles. The molecule has 0 amide bonds. The second-order valence-electron chi connectivity index (χ2n) is 6.44. The van der Waals surface area contributed by atoms with E-state index in [2.05, 4.69) is 6.58 Å². The number of hydrogen-bond acceptors (Lipinski definition) is 5. The quantitative estimate of drug-likeness (QED) is 0.454. The van der Waals surface area contributed by atoms with Crippen molar-refractivity contribution in [1.29, 1.82) is 0 Å². The van der Waals surface area contributed by atoms with Crippen LogP contribution in [0.1, 0.15) is 39.5 Å². The van der Waals surface area contributed by atoms with Crippen LogP contribution in [0.3, 0.4) is 0 Å². The molecular weight excluding hydrogens is 272 g/mol. The molecule has 0 N–H and O–H groups in total. The van der Waals surface area contributed by atoms with Gasteiger partial charge in [-0.15, -0.1) is 0 Å². The van der Waals surface area contributed by atoms with Gasteiger partial charge in [-0.05, 0) is 39.5 Å². The predicted octanol–water partition coefficient (Wildman–Crippen LogP) is 2.24. The van der Waals surface area contributed by atoms with E-state index in [9.17, 15) is 9.59 Å². The van der Waals surface area contributed by atoms with Crippen molar-refractivity contribution in [2.24, 2.45) is 11.3 Å². The Morgan fingerprint density at radius 1 is 1.29 bits per heavy atom. The summed E-state index contributed by atoms with van der Waals surface area (Å²) in [7, 11) is 2.58. The van der Waals surface area contributed by atoms with E-state index in [0.717, 1.165) is 18.4 Å². The number of methoxy groups -OCH3 is 2. The number of rotatable bonds is 3. The fraction of sp³-hybridized carbons (Fsp3) is 0.750. The van der Waals surface area contributed by atoms with Gasteiger partial charge in [-0.2, -0.15) is 0 Å². The number of carbonyl (C=O) groups excluding carboxylic acids is 2. The molecular formula is C16H24O5. The van der Waals surface area contributed by atoms with E-state index in [0.29, 0.717) is 6.42 Å². The zero-order chi connectivity index (χ0) is 15.8. The van der Waals surface area contributed by atoms with Crippen molar-refractivity contribution >= 4 is 11.9 Å². The molecule has 3 atom stereocenters. The Morgan fingerprint density at radius 3 is 2.29 bits per heavy atom. The molecule has 2 aliphatic rings. The molecule has 1 aliphatic heterocycles. The zero-order valence-corrected chi connectivity index (χ0v) is 13.2. The van der Waals surface area contributed by atoms with Crippen molar-refractivity contribution in [3.05, 3.63) is 12.2 Å². The highest BCUT2D eigenvalue weighted by Crippen LogP contribution is 2.54. The Bertz CT molecular complexity index is 453. The normalized spacial score (nSPS) is 34.8. The Balaban J connectivity index is 2.31. The summed E-state index contributed by atoms with van der Waals surface area (Å²) < 4.78 is 15.8. The highest BCUT2D eigenvalue weighted by atomic mass is 16.5. The number of hydrogen-bond donors (Lipinski definition) is 0. The van der Waals surface area contributed by atoms with Crippen molar-refractivity contribution in [2.75, 3.05) is 14.2 Å². The van der Waals surface area contributed by atoms with Gasteiger partial charge in [0.15, 0.2) is 5.41 Å². The smallest absolute Gasteiger partial charge is 0.323 e. The van der Waals surface area contributed by atoms with E-state index >= 15 is 0 Å². The van der Waals surface area contributed by atoms with Gasteiger partial charge in [0.05, 0.1) is 25.9 Å². The maximum Gasteiger partial charge on any atom is 0.323 e. The lowest BCUT2D eigenvalue weighted by Crippen LogP contribution is -2.41. The van der Waals surface area contributed by atoms with Crippen molar-refractivity contribution in [1.82, 2.24) is 0 Å². The fourth-order valence-corrected chi connectivity index (χ4v) is 3.83. The van der Waals surface area contributed by atoms with Crippen LogP contribution in [0.5, 0.6) is 0 Å². The summed E-state index contributed by atoms with van der Waals surface area (Å²) in [5.41, 5.74) is -0.786. The standard InChI is InChI=1S/C16H24O5/c1-10-8-16(13(17)19-4,14(18)20-5)9-12(10)15(3)7-6-11(2)21-15/h11-12H,1,6-9H2,2-5H3/t11?,12-,15-/m0/s1. The summed E-state index contributed by atoms with van der Waals surface area (Å²) in [6, 6.07) is 0. The molecule has 1 aliphatic carbocycles. The minimum absolute atomic E-state index is 0.0411. The van der Waals surface area contributed by atoms with Crippen LogP contribution in [-0.4, -0.2) is 37.9 Å². The molecule has 1 unspecified atom stereocenters. The molecule has 2 rings (SSSR count). The summed E-state index contributed by atoms with van der Waals surface area (Å²) in [4.78, 5) is 24.4. The van der Waals surface area contributed by atoms with Crippen LogP contribution in [0.2, 0.25) is 0 Å². The Hall–Kier alpha value is -1.36. The molecule has 0 radical (unpaired) electrons. The summed E-state index contributed by atoms with van der Waals surface area (Å²) in [5, 5.41) is 0. The lowest BCUT2D eigenvalue weighted by atomic mass is 9.79. The highest BCUT2D eigenvalue weighted by molar-refractivity contribution is 6.01. The first-order chi connectivity index (χ1) is 9.79. The largest absolute Gasteiger partial charge is 0.468 e. The molecule has 0 aromatic rings. The molecule has 21 heavy (non-hydrogen) atoms. The van der Waals surface area contributed by atoms with Crippen LogP contribution in [0, 0.1) is 11.3 Å². The number of ether oxygens (including phenoxy) is 3. The molecule has 0 aromatic carbocycles. The van der Waals surface area contributed by atoms with Crippen molar-refractivity contribution in [2.45, 2.75) is 51.2 Å². The first-order valence-corrected chi connectivity index (χ1v) is 7.31. The Kier molecular flexibility index (Phi) is 4.15. The molecule has 5 nitrogen and oxygen atoms in total. The molecule has 1 saturated heterocycles. The van der Waals surface area contributed by atoms with Crippen LogP contribution in [0.4, 0.5) is 0 Å². The molecule has 1 heterocycles. The van der Waals surface area contributed by atoms with Crippen LogP contribution >= 0.6 is 0 Å². The van der Waals surface area contributed by atoms with Crippen LogP contribution < -0.4 is 0 Å². The van der Waals surface area contributed by atoms with E-state index in [1.807, 2.05) is 13.8 Å². The maximum atomic E-state index is 12.2. The van der Waals surface area contributed by atoms with Gasteiger partial charge in [-0.3, -0.25) is 9.59 Å². The zero-order valence-electron chi connectivity index (χ0n) is 13.2. The van der Waals surface area contributed by atoms with E-state index in [1.54, 1.807) is 0 Å². The fourth-order valence-electron chi connectivity index (χ4n) is 3.83. The van der Waals surface area contributed by atoms with Crippen LogP contribution in [0.25, 0.3) is 0 Å². The van der Waals surface area contributed by atoms with Gasteiger partial charge in [-0.1, -0.05) is 12.2 Å². The van der Waals surface area contributed by atoms with Crippen molar-refractivity contribution in [3.63, 3.8) is 0 Å². The molecule has 0 spiro atoms. The first-order valence-electron chi connectivity index (χ1n) is 7.31. The topological polar surface area (TPSA) is 61.8 Å². The van der Waals surface area contributed by atoms with E-state index < -0.39 is 17.4 Å². The minimum Gasteiger partial charge on any atom is -0.468 e. The average molecular weight is 296 g/mol. The second-order valence-corrected chi connectivity index (χ2v) is 6.44. The SMILES string of the molecule is C=C1CC(C(=O)OC)(C(=O)OC)C[C@@H]1[C@]1(C)CCC(C)O1. The highest BCUT2D eigenvalue weighted by Gasteiger charge is 2.59. The summed E-state index contributed by atoms with van der Waals surface area (Å²) in [6.45, 7) is 8.16. The average Bonchev–Trinajstić information content (AvgIpc) is 2.99. The molecule has 2 fully saturated rings. The third-order valence-corrected chi connectivity index (χ3v) is 4.98. The Morgan fingerprint density at radius 2 is 1.86 bits per heavy atom. The third-order valence-electron chi connectivity index (χ3n) is 4.98. The van der Waals surface area contributed by atoms with E-state index in [1.165, 1.54) is 14.2 Å². The third kappa shape index (κ3) is 2.48. The van der Waals surface area contributed by atoms with Gasteiger partial charge in [0.2, 0.25) is 0 Å². The van der Waals surface area contributed by atoms with Gasteiger partial charge >= 0.3 is 11.9 Å². The van der Waals surface area contributed by atoms with Gasteiger partial charge in [0, 0.05) is 5.92 Å². The van der Waals surface area contributed by atoms with Gasteiger partial charge < -0.3 is 14.2 Å². The van der Waals surface area contributed by atoms with Gasteiger partial charge in [-0.25, -0.2) is 0 Å². The summed E-state index contributed by atoms with van der Waals surface area (Å²) in [6.07, 6.45) is 2.67. The van der Waals surface area contributed by atoms with Crippen molar-refractivity contribution in [3.8, 4) is 0 Å². The van der Waals surface area contributed by atoms with E-state index in [-0.39, 0.29) is 24.0 Å². The number of carbonyl (C=O) groups is 2. The molecule has 118 valence electrons. The molecule has 5 heteroatoms. The molecule has 0 bridgehead atoms. The second kappa shape index (κ2) is 5.44. The first kappa shape index (κ1) is 16.0. The Labute approximate surface area is 125 Å². The van der Waals surface area contributed by atoms with Crippen LogP contribution in [0.15, 0.2) is 12.2 Å². The molecule has 0 aromatic heterocycles. The maximum absolute atomic E-state index is 12.2. The van der Waals surface area contributed by atoms with Crippen LogP contribution in [-0.2, 0) is 23.8 Å². The number of esters is 2. The van der Waals surface area contributed by atoms with E-state index in [4.69, 9.17) is 14.2 Å². The minimum atomic E-state index is -1.27. The van der Waals surface area contributed by atoms with Gasteiger partial charge in [0.1, 0.15) is 0 Å². The van der Waals surface area contributed by atoms with Crippen molar-refractivity contribution < 1.29 is 23.8 Å². The van der Waals surface area contributed by atoms with Gasteiger partial charge in [0.25, 0.3) is 0 Å². The summed E-state index contributed by atoms with van der Waals surface area (Å²) >= 11 is 0. The predicted molar refractivity (Wildman–Crippen MR) is 76.5 cm³/mol. The lowest BCUT2D eigenvalue weighted by Gasteiger charge is -2.33. The summed E-state index contributed by atoms with van der Waals surface area (Å²) in [5.74, 6) is -1.14. The monoisotopic (exact) mass is 296 g/mol. The lowest BCUT2D eigenvalue weighted by molar-refractivity contribution is -0.169.